The van der Waals surface area contributed by atoms with Crippen molar-refractivity contribution in [3.8, 4) is 11.1 Å². The summed E-state index contributed by atoms with van der Waals surface area (Å²) in [5.41, 5.74) is 3.85. The Morgan fingerprint density at radius 3 is 2.20 bits per heavy atom. The lowest BCUT2D eigenvalue weighted by Crippen LogP contribution is -2.51. The second-order valence-electron chi connectivity index (χ2n) is 9.18. The minimum absolute atomic E-state index is 0.0284. The topological polar surface area (TPSA) is 114 Å². The Bertz CT molecular complexity index is 1020. The second-order valence-corrected chi connectivity index (χ2v) is 9.18. The lowest BCUT2D eigenvalue weighted by atomic mass is 9.79. The Morgan fingerprint density at radius 1 is 0.943 bits per heavy atom. The summed E-state index contributed by atoms with van der Waals surface area (Å²) in [6, 6.07) is 16.3. The van der Waals surface area contributed by atoms with Crippen molar-refractivity contribution >= 4 is 18.0 Å². The molecule has 0 bridgehead atoms. The molecule has 0 atom stereocenters. The van der Waals surface area contributed by atoms with Crippen LogP contribution in [0.4, 0.5) is 4.79 Å². The number of carbonyl (C=O) groups is 3. The van der Waals surface area contributed by atoms with Crippen LogP contribution >= 0.6 is 0 Å². The van der Waals surface area contributed by atoms with Gasteiger partial charge in [0.25, 0.3) is 0 Å². The molecule has 35 heavy (non-hydrogen) atoms. The lowest BCUT2D eigenvalue weighted by molar-refractivity contribution is -0.137. The first-order chi connectivity index (χ1) is 17.0. The summed E-state index contributed by atoms with van der Waals surface area (Å²) in [6.07, 6.45) is 1.62. The number of hydrogen-bond acceptors (Lipinski definition) is 5. The molecule has 2 aromatic rings. The van der Waals surface area contributed by atoms with Crippen LogP contribution in [0.25, 0.3) is 11.1 Å². The number of benzene rings is 2. The fourth-order valence-corrected chi connectivity index (χ4v) is 4.93. The lowest BCUT2D eigenvalue weighted by Gasteiger charge is -2.35. The number of alkyl carbamates (subject to hydrolysis) is 1. The predicted octanol–water partition coefficient (Wildman–Crippen LogP) is 3.69. The van der Waals surface area contributed by atoms with Crippen LogP contribution in [-0.4, -0.2) is 56.0 Å². The number of carbonyl (C=O) groups excluding carboxylic acids is 2. The maximum absolute atomic E-state index is 13.0. The maximum atomic E-state index is 13.0. The van der Waals surface area contributed by atoms with Crippen LogP contribution in [0.2, 0.25) is 0 Å². The largest absolute Gasteiger partial charge is 0.481 e. The van der Waals surface area contributed by atoms with Crippen LogP contribution in [0.3, 0.4) is 0 Å². The van der Waals surface area contributed by atoms with E-state index in [2.05, 4.69) is 34.9 Å². The molecule has 1 fully saturated rings. The molecule has 3 N–H and O–H groups in total. The summed E-state index contributed by atoms with van der Waals surface area (Å²) in [7, 11) is 0. The van der Waals surface area contributed by atoms with Gasteiger partial charge in [-0.15, -0.1) is 0 Å². The second kappa shape index (κ2) is 11.4. The van der Waals surface area contributed by atoms with Crippen molar-refractivity contribution in [2.24, 2.45) is 5.41 Å². The van der Waals surface area contributed by atoms with Crippen LogP contribution in [0.5, 0.6) is 0 Å². The zero-order valence-corrected chi connectivity index (χ0v) is 19.8. The number of rotatable bonds is 10. The zero-order chi connectivity index (χ0) is 24.7. The summed E-state index contributed by atoms with van der Waals surface area (Å²) in [6.45, 7) is 1.66. The third kappa shape index (κ3) is 5.82. The highest BCUT2D eigenvalue weighted by Gasteiger charge is 2.40. The molecule has 2 aliphatic rings. The van der Waals surface area contributed by atoms with Gasteiger partial charge in [0.15, 0.2) is 0 Å². The molecule has 1 saturated heterocycles. The van der Waals surface area contributed by atoms with Gasteiger partial charge in [0, 0.05) is 38.6 Å². The van der Waals surface area contributed by atoms with E-state index >= 15 is 0 Å². The van der Waals surface area contributed by atoms with Crippen molar-refractivity contribution in [2.45, 2.75) is 38.0 Å². The fourth-order valence-electron chi connectivity index (χ4n) is 4.93. The number of aliphatic carboxylic acids is 1. The summed E-state index contributed by atoms with van der Waals surface area (Å²) in [4.78, 5) is 36.3. The van der Waals surface area contributed by atoms with Gasteiger partial charge in [0.1, 0.15) is 6.61 Å². The summed E-state index contributed by atoms with van der Waals surface area (Å²) in [5.74, 6) is -1.01. The minimum Gasteiger partial charge on any atom is -0.481 e. The third-order valence-electron chi connectivity index (χ3n) is 6.95. The quantitative estimate of drug-likeness (QED) is 0.447. The molecular weight excluding hydrogens is 448 g/mol. The van der Waals surface area contributed by atoms with Gasteiger partial charge >= 0.3 is 12.1 Å². The molecule has 0 spiro atoms. The smallest absolute Gasteiger partial charge is 0.407 e. The molecule has 0 unspecified atom stereocenters. The minimum atomic E-state index is -0.843. The summed E-state index contributed by atoms with van der Waals surface area (Å²) < 4.78 is 11.1. The van der Waals surface area contributed by atoms with Crippen molar-refractivity contribution in [1.29, 1.82) is 0 Å². The average molecular weight is 481 g/mol. The SMILES string of the molecule is O=C(O)CCCCNC(=O)C1(CNC(=O)OCC2c3ccccc3-c3ccccc32)CCOCC1. The molecule has 8 heteroatoms. The average Bonchev–Trinajstić information content (AvgIpc) is 3.20. The van der Waals surface area contributed by atoms with E-state index in [1.54, 1.807) is 0 Å². The number of nitrogens with one attached hydrogen (secondary N) is 2. The van der Waals surface area contributed by atoms with Gasteiger partial charge in [-0.2, -0.15) is 0 Å². The predicted molar refractivity (Wildman–Crippen MR) is 130 cm³/mol. The van der Waals surface area contributed by atoms with Crippen LogP contribution in [0, 0.1) is 5.41 Å². The Kier molecular flexibility index (Phi) is 8.02. The monoisotopic (exact) mass is 480 g/mol. The van der Waals surface area contributed by atoms with Gasteiger partial charge in [0.05, 0.1) is 5.41 Å². The van der Waals surface area contributed by atoms with Crippen LogP contribution in [0.1, 0.15) is 49.1 Å². The van der Waals surface area contributed by atoms with Crippen LogP contribution in [0.15, 0.2) is 48.5 Å². The van der Waals surface area contributed by atoms with Gasteiger partial charge in [-0.05, 0) is 47.9 Å². The Hall–Kier alpha value is -3.39. The Balaban J connectivity index is 1.32. The van der Waals surface area contributed by atoms with Crippen molar-refractivity contribution in [2.75, 3.05) is 32.9 Å². The molecule has 1 aliphatic heterocycles. The van der Waals surface area contributed by atoms with E-state index in [1.807, 2.05) is 24.3 Å². The van der Waals surface area contributed by atoms with Crippen molar-refractivity contribution < 1.29 is 29.0 Å². The number of unbranched alkanes of at least 4 members (excludes halogenated alkanes) is 1. The molecule has 1 aliphatic carbocycles. The van der Waals surface area contributed by atoms with E-state index in [0.717, 1.165) is 11.1 Å². The number of hydrogen-bond donors (Lipinski definition) is 3. The van der Waals surface area contributed by atoms with Crippen molar-refractivity contribution in [3.63, 3.8) is 0 Å². The van der Waals surface area contributed by atoms with E-state index < -0.39 is 17.5 Å². The van der Waals surface area contributed by atoms with Crippen LogP contribution < -0.4 is 10.6 Å². The summed E-state index contributed by atoms with van der Waals surface area (Å²) >= 11 is 0. The van der Waals surface area contributed by atoms with E-state index in [4.69, 9.17) is 14.6 Å². The molecule has 8 nitrogen and oxygen atoms in total. The van der Waals surface area contributed by atoms with Gasteiger partial charge < -0.3 is 25.2 Å². The number of amides is 2. The summed E-state index contributed by atoms with van der Waals surface area (Å²) in [5, 5.41) is 14.5. The van der Waals surface area contributed by atoms with Crippen LogP contribution in [-0.2, 0) is 19.1 Å². The first kappa shape index (κ1) is 24.7. The fraction of sp³-hybridized carbons (Fsp3) is 0.444. The van der Waals surface area contributed by atoms with E-state index in [1.165, 1.54) is 11.1 Å². The molecule has 0 aromatic heterocycles. The first-order valence-corrected chi connectivity index (χ1v) is 12.2. The van der Waals surface area contributed by atoms with E-state index in [0.29, 0.717) is 45.4 Å². The molecule has 0 saturated carbocycles. The number of carboxylic acid groups (broad SMARTS) is 1. The number of fused-ring (bicyclic) bond motifs is 3. The van der Waals surface area contributed by atoms with Crippen molar-refractivity contribution in [3.05, 3.63) is 59.7 Å². The normalized spacial score (nSPS) is 16.1. The Morgan fingerprint density at radius 2 is 1.57 bits per heavy atom. The molecular formula is C27H32N2O6. The van der Waals surface area contributed by atoms with Crippen molar-refractivity contribution in [1.82, 2.24) is 10.6 Å². The first-order valence-electron chi connectivity index (χ1n) is 12.2. The Labute approximate surface area is 205 Å². The maximum Gasteiger partial charge on any atom is 0.407 e. The standard InChI is InChI=1S/C27H32N2O6/c30-24(31)11-5-6-14-28-25(32)27(12-15-34-16-13-27)18-29-26(33)35-17-23-21-9-3-1-7-19(21)20-8-2-4-10-22(20)23/h1-4,7-10,23H,5-6,11-18H2,(H,28,32)(H,29,33)(H,30,31). The van der Waals surface area contributed by atoms with Gasteiger partial charge in [-0.25, -0.2) is 4.79 Å². The molecule has 186 valence electrons. The molecule has 1 heterocycles. The van der Waals surface area contributed by atoms with Gasteiger partial charge in [0.2, 0.25) is 5.91 Å². The van der Waals surface area contributed by atoms with E-state index in [-0.39, 0.29) is 31.4 Å². The number of carboxylic acids is 1. The van der Waals surface area contributed by atoms with Gasteiger partial charge in [-0.1, -0.05) is 48.5 Å². The van der Waals surface area contributed by atoms with Gasteiger partial charge in [-0.3, -0.25) is 9.59 Å². The third-order valence-corrected chi connectivity index (χ3v) is 6.95. The van der Waals surface area contributed by atoms with E-state index in [9.17, 15) is 14.4 Å². The highest BCUT2D eigenvalue weighted by atomic mass is 16.5. The zero-order valence-electron chi connectivity index (χ0n) is 19.8. The highest BCUT2D eigenvalue weighted by Crippen LogP contribution is 2.44. The molecule has 4 rings (SSSR count). The number of ether oxygens (including phenoxy) is 2. The molecule has 2 amide bonds. The molecule has 2 aromatic carbocycles. The molecule has 0 radical (unpaired) electrons. The highest BCUT2D eigenvalue weighted by molar-refractivity contribution is 5.84.